The Morgan fingerprint density at radius 2 is 0.848 bits per heavy atom. The van der Waals surface area contributed by atoms with E-state index in [1.54, 1.807) is 0 Å². The zero-order valence-electron chi connectivity index (χ0n) is 20.1. The van der Waals surface area contributed by atoms with E-state index < -0.39 is 0 Å². The quantitative estimate of drug-likeness (QED) is 0.243. The summed E-state index contributed by atoms with van der Waals surface area (Å²) in [5.74, 6) is 0. The summed E-state index contributed by atoms with van der Waals surface area (Å²) in [6.45, 7) is 12.8. The number of benzene rings is 2. The van der Waals surface area contributed by atoms with Crippen molar-refractivity contribution >= 4 is 0 Å². The maximum atomic E-state index is 4.20. The fourth-order valence-corrected chi connectivity index (χ4v) is 2.94. The van der Waals surface area contributed by atoms with Gasteiger partial charge in [0.1, 0.15) is 0 Å². The second kappa shape index (κ2) is 11.4. The van der Waals surface area contributed by atoms with E-state index in [0.29, 0.717) is 0 Å². The molecule has 0 bridgehead atoms. The third kappa shape index (κ3) is 7.66. The van der Waals surface area contributed by atoms with E-state index in [-0.39, 0.29) is 30.9 Å². The number of aromatic nitrogens is 4. The van der Waals surface area contributed by atoms with Crippen molar-refractivity contribution in [2.75, 3.05) is 0 Å². The molecule has 0 radical (unpaired) electrons. The van der Waals surface area contributed by atoms with E-state index in [4.69, 9.17) is 0 Å². The van der Waals surface area contributed by atoms with Crippen LogP contribution in [-0.4, -0.2) is 19.9 Å². The van der Waals surface area contributed by atoms with Gasteiger partial charge in [0.25, 0.3) is 0 Å². The van der Waals surface area contributed by atoms with Crippen LogP contribution < -0.4 is 0 Å². The first-order valence-electron chi connectivity index (χ1n) is 10.8. The van der Waals surface area contributed by atoms with E-state index in [9.17, 15) is 0 Å². The molecule has 0 saturated heterocycles. The van der Waals surface area contributed by atoms with Crippen molar-refractivity contribution < 1.29 is 20.1 Å². The summed E-state index contributed by atoms with van der Waals surface area (Å²) in [7, 11) is 0. The summed E-state index contributed by atoms with van der Waals surface area (Å²) in [4.78, 5) is 16.8. The zero-order valence-corrected chi connectivity index (χ0v) is 22.4. The molecule has 0 aliphatic heterocycles. The van der Waals surface area contributed by atoms with Crippen molar-refractivity contribution in [3.05, 3.63) is 96.8 Å². The summed E-state index contributed by atoms with van der Waals surface area (Å²) in [6, 6.07) is 24.3. The third-order valence-electron chi connectivity index (χ3n) is 4.90. The van der Waals surface area contributed by atoms with E-state index in [1.165, 1.54) is 0 Å². The van der Waals surface area contributed by atoms with Crippen molar-refractivity contribution in [2.24, 2.45) is 0 Å². The molecule has 0 amide bonds. The van der Waals surface area contributed by atoms with Gasteiger partial charge in [-0.15, -0.1) is 12.1 Å². The molecule has 170 valence electrons. The summed E-state index contributed by atoms with van der Waals surface area (Å²) < 4.78 is 0. The van der Waals surface area contributed by atoms with E-state index in [2.05, 4.69) is 74.1 Å². The zero-order chi connectivity index (χ0) is 23.2. The largest absolute Gasteiger partial charge is 3.00 e. The van der Waals surface area contributed by atoms with Gasteiger partial charge in [-0.25, -0.2) is 0 Å². The molecule has 0 spiro atoms. The van der Waals surface area contributed by atoms with Crippen LogP contribution in [0.5, 0.6) is 0 Å². The van der Waals surface area contributed by atoms with Gasteiger partial charge in [-0.05, 0) is 22.2 Å². The second-order valence-corrected chi connectivity index (χ2v) is 9.71. The molecule has 4 nitrogen and oxygen atoms in total. The van der Waals surface area contributed by atoms with Crippen LogP contribution in [0.25, 0.3) is 22.5 Å². The van der Waals surface area contributed by atoms with Crippen LogP contribution in [0.1, 0.15) is 52.9 Å². The first-order chi connectivity index (χ1) is 15.1. The molecule has 0 atom stereocenters. The summed E-state index contributed by atoms with van der Waals surface area (Å²) in [6.07, 6.45) is 5.47. The molecule has 0 unspecified atom stereocenters. The minimum atomic E-state index is 0. The predicted molar refractivity (Wildman–Crippen MR) is 130 cm³/mol. The summed E-state index contributed by atoms with van der Waals surface area (Å²) >= 11 is 0. The van der Waals surface area contributed by atoms with Crippen LogP contribution in [-0.2, 0) is 30.9 Å². The van der Waals surface area contributed by atoms with Crippen LogP contribution in [0, 0.1) is 12.7 Å². The molecule has 2 heterocycles. The standard InChI is InChI=1S/2C14H15N2.Ir/c2*1-14(2,3)13-9-12(15-10-16-13)11-7-5-4-6-8-11;/h2*4-9H,1-3H3;/q2*-1;+3. The van der Waals surface area contributed by atoms with Gasteiger partial charge >= 0.3 is 20.1 Å². The van der Waals surface area contributed by atoms with Gasteiger partial charge < -0.3 is 19.9 Å². The van der Waals surface area contributed by atoms with Gasteiger partial charge in [0, 0.05) is 12.7 Å². The molecule has 0 aliphatic rings. The van der Waals surface area contributed by atoms with Gasteiger partial charge in [-0.1, -0.05) is 125 Å². The summed E-state index contributed by atoms with van der Waals surface area (Å²) in [5.41, 5.74) is 6.16. The monoisotopic (exact) mass is 615 g/mol. The van der Waals surface area contributed by atoms with Crippen molar-refractivity contribution in [3.63, 3.8) is 0 Å². The topological polar surface area (TPSA) is 51.6 Å². The number of hydrogen-bond acceptors (Lipinski definition) is 4. The molecular weight excluding hydrogens is 585 g/mol. The van der Waals surface area contributed by atoms with E-state index in [0.717, 1.165) is 33.9 Å². The molecular formula is C28H30IrN4+. The summed E-state index contributed by atoms with van der Waals surface area (Å²) in [5, 5.41) is 0. The first-order valence-corrected chi connectivity index (χ1v) is 10.8. The van der Waals surface area contributed by atoms with Crippen molar-refractivity contribution in [1.82, 2.24) is 19.9 Å². The minimum Gasteiger partial charge on any atom is -0.370 e. The minimum absolute atomic E-state index is 0. The van der Waals surface area contributed by atoms with Gasteiger partial charge in [0.2, 0.25) is 0 Å². The van der Waals surface area contributed by atoms with Gasteiger partial charge in [-0.3, -0.25) is 0 Å². The molecule has 2 aromatic carbocycles. The van der Waals surface area contributed by atoms with Crippen LogP contribution in [0.4, 0.5) is 0 Å². The fourth-order valence-electron chi connectivity index (χ4n) is 2.94. The Labute approximate surface area is 211 Å². The Morgan fingerprint density at radius 3 is 1.15 bits per heavy atom. The van der Waals surface area contributed by atoms with Crippen LogP contribution in [0.3, 0.4) is 0 Å². The first kappa shape index (κ1) is 26.5. The van der Waals surface area contributed by atoms with Crippen LogP contribution in [0.15, 0.2) is 72.8 Å². The maximum Gasteiger partial charge on any atom is 3.00 e. The molecule has 2 aromatic heterocycles. The Hall–Kier alpha value is -2.75. The van der Waals surface area contributed by atoms with Gasteiger partial charge in [-0.2, -0.15) is 0 Å². The molecule has 4 rings (SSSR count). The third-order valence-corrected chi connectivity index (χ3v) is 4.90. The van der Waals surface area contributed by atoms with Crippen molar-refractivity contribution in [2.45, 2.75) is 52.4 Å². The van der Waals surface area contributed by atoms with Crippen LogP contribution >= 0.6 is 0 Å². The Balaban J connectivity index is 0.000000227. The maximum absolute atomic E-state index is 4.20. The average Bonchev–Trinajstić information content (AvgIpc) is 2.80. The van der Waals surface area contributed by atoms with Crippen molar-refractivity contribution in [1.29, 1.82) is 0 Å². The van der Waals surface area contributed by atoms with E-state index >= 15 is 0 Å². The molecule has 5 heteroatoms. The molecule has 0 saturated carbocycles. The number of hydrogen-bond donors (Lipinski definition) is 0. The second-order valence-electron chi connectivity index (χ2n) is 9.71. The Bertz CT molecular complexity index is 1040. The molecule has 4 aromatic rings. The van der Waals surface area contributed by atoms with Crippen molar-refractivity contribution in [3.8, 4) is 22.5 Å². The Morgan fingerprint density at radius 1 is 0.515 bits per heavy atom. The van der Waals surface area contributed by atoms with Crippen LogP contribution in [0.2, 0.25) is 0 Å². The Kier molecular flexibility index (Phi) is 9.16. The van der Waals surface area contributed by atoms with Gasteiger partial charge in [0.15, 0.2) is 0 Å². The number of rotatable bonds is 2. The molecule has 0 N–H and O–H groups in total. The smallest absolute Gasteiger partial charge is 0.370 e. The number of nitrogens with zero attached hydrogens (tertiary/aromatic N) is 4. The van der Waals surface area contributed by atoms with E-state index in [1.807, 2.05) is 72.8 Å². The molecule has 33 heavy (non-hydrogen) atoms. The fraction of sp³-hybridized carbons (Fsp3) is 0.286. The van der Waals surface area contributed by atoms with Gasteiger partial charge in [0.05, 0.1) is 0 Å². The average molecular weight is 615 g/mol. The predicted octanol–water partition coefficient (Wildman–Crippen LogP) is 6.48. The molecule has 0 fully saturated rings. The SMILES string of the molecule is CC(C)(C)c1cc(-c2ccccc2)n[c-]n1.CC(C)(C)c1cc(-c2ccccc2)n[c-]n1.[Ir+3]. The normalized spacial score (nSPS) is 11.1. The molecule has 0 aliphatic carbocycles.